The fourth-order valence-electron chi connectivity index (χ4n) is 3.19. The predicted octanol–water partition coefficient (Wildman–Crippen LogP) is 1.10. The summed E-state index contributed by atoms with van der Waals surface area (Å²) >= 11 is 0. The zero-order valence-corrected chi connectivity index (χ0v) is 12.1. The standard InChI is InChI=1S/C15H26N2O3/c18-13(17-11-15(20)8-3-4-9-15)7-10-16-14(19)12-5-1-2-6-12/h12,20H,1-11H2,(H,16,19)(H,17,18). The second-order valence-corrected chi connectivity index (χ2v) is 6.23. The van der Waals surface area contributed by atoms with Crippen molar-refractivity contribution in [2.24, 2.45) is 5.92 Å². The molecule has 0 aromatic carbocycles. The monoisotopic (exact) mass is 282 g/mol. The van der Waals surface area contributed by atoms with Crippen LogP contribution in [0, 0.1) is 5.92 Å². The summed E-state index contributed by atoms with van der Waals surface area (Å²) in [6, 6.07) is 0. The first kappa shape index (κ1) is 15.3. The van der Waals surface area contributed by atoms with E-state index < -0.39 is 5.60 Å². The van der Waals surface area contributed by atoms with Crippen molar-refractivity contribution in [2.45, 2.75) is 63.4 Å². The highest BCUT2D eigenvalue weighted by molar-refractivity contribution is 5.80. The molecule has 0 unspecified atom stereocenters. The number of hydrogen-bond acceptors (Lipinski definition) is 3. The molecule has 2 rings (SSSR count). The Kier molecular flexibility index (Phi) is 5.40. The van der Waals surface area contributed by atoms with Crippen LogP contribution in [0.2, 0.25) is 0 Å². The van der Waals surface area contributed by atoms with E-state index in [1.807, 2.05) is 0 Å². The van der Waals surface area contributed by atoms with Gasteiger partial charge in [0, 0.05) is 25.4 Å². The van der Waals surface area contributed by atoms with E-state index in [4.69, 9.17) is 0 Å². The molecule has 0 atom stereocenters. The molecule has 5 heteroatoms. The summed E-state index contributed by atoms with van der Waals surface area (Å²) in [5.74, 6) is 0.138. The third kappa shape index (κ3) is 4.47. The summed E-state index contributed by atoms with van der Waals surface area (Å²) in [5, 5.41) is 15.7. The normalized spacial score (nSPS) is 21.9. The molecule has 0 aromatic rings. The molecule has 3 N–H and O–H groups in total. The number of aliphatic hydroxyl groups is 1. The van der Waals surface area contributed by atoms with E-state index in [-0.39, 0.29) is 24.2 Å². The van der Waals surface area contributed by atoms with E-state index in [9.17, 15) is 14.7 Å². The Hall–Kier alpha value is -1.10. The van der Waals surface area contributed by atoms with Crippen LogP contribution in [-0.2, 0) is 9.59 Å². The van der Waals surface area contributed by atoms with E-state index in [0.29, 0.717) is 13.1 Å². The van der Waals surface area contributed by atoms with Gasteiger partial charge in [-0.05, 0) is 25.7 Å². The number of amides is 2. The summed E-state index contributed by atoms with van der Waals surface area (Å²) in [7, 11) is 0. The minimum atomic E-state index is -0.706. The molecule has 0 heterocycles. The first-order valence-corrected chi connectivity index (χ1v) is 7.86. The molecular formula is C15H26N2O3. The van der Waals surface area contributed by atoms with Crippen molar-refractivity contribution in [2.75, 3.05) is 13.1 Å². The van der Waals surface area contributed by atoms with Crippen LogP contribution in [-0.4, -0.2) is 35.6 Å². The smallest absolute Gasteiger partial charge is 0.223 e. The van der Waals surface area contributed by atoms with E-state index >= 15 is 0 Å². The molecule has 0 aromatic heterocycles. The number of carbonyl (C=O) groups is 2. The van der Waals surface area contributed by atoms with Crippen molar-refractivity contribution < 1.29 is 14.7 Å². The Labute approximate surface area is 120 Å². The summed E-state index contributed by atoms with van der Waals surface area (Å²) in [4.78, 5) is 23.4. The second kappa shape index (κ2) is 7.07. The molecule has 2 aliphatic carbocycles. The molecule has 114 valence electrons. The largest absolute Gasteiger partial charge is 0.388 e. The molecule has 2 aliphatic rings. The van der Waals surface area contributed by atoms with Gasteiger partial charge < -0.3 is 15.7 Å². The molecule has 2 amide bonds. The average Bonchev–Trinajstić information content (AvgIpc) is 3.08. The maximum Gasteiger partial charge on any atom is 0.223 e. The molecule has 2 saturated carbocycles. The molecule has 0 radical (unpaired) electrons. The van der Waals surface area contributed by atoms with Crippen molar-refractivity contribution in [3.8, 4) is 0 Å². The van der Waals surface area contributed by atoms with Gasteiger partial charge in [0.25, 0.3) is 0 Å². The lowest BCUT2D eigenvalue weighted by molar-refractivity contribution is -0.125. The maximum absolute atomic E-state index is 11.8. The zero-order chi connectivity index (χ0) is 14.4. The zero-order valence-electron chi connectivity index (χ0n) is 12.1. The molecule has 0 bridgehead atoms. The lowest BCUT2D eigenvalue weighted by Gasteiger charge is -2.22. The van der Waals surface area contributed by atoms with Crippen molar-refractivity contribution >= 4 is 11.8 Å². The summed E-state index contributed by atoms with van der Waals surface area (Å²) in [6.07, 6.45) is 8.12. The van der Waals surface area contributed by atoms with Gasteiger partial charge in [-0.25, -0.2) is 0 Å². The van der Waals surface area contributed by atoms with Crippen LogP contribution < -0.4 is 10.6 Å². The van der Waals surface area contributed by atoms with Crippen LogP contribution in [0.5, 0.6) is 0 Å². The van der Waals surface area contributed by atoms with Gasteiger partial charge in [-0.3, -0.25) is 9.59 Å². The van der Waals surface area contributed by atoms with Crippen LogP contribution in [0.1, 0.15) is 57.8 Å². The molecular weight excluding hydrogens is 256 g/mol. The number of rotatable bonds is 6. The lowest BCUT2D eigenvalue weighted by atomic mass is 10.0. The Bertz CT molecular complexity index is 345. The van der Waals surface area contributed by atoms with Gasteiger partial charge in [0.1, 0.15) is 0 Å². The van der Waals surface area contributed by atoms with Gasteiger partial charge in [-0.15, -0.1) is 0 Å². The van der Waals surface area contributed by atoms with Crippen LogP contribution in [0.25, 0.3) is 0 Å². The molecule has 5 nitrogen and oxygen atoms in total. The fourth-order valence-corrected chi connectivity index (χ4v) is 3.19. The minimum absolute atomic E-state index is 0.0877. The topological polar surface area (TPSA) is 78.4 Å². The van der Waals surface area contributed by atoms with E-state index in [1.165, 1.54) is 0 Å². The van der Waals surface area contributed by atoms with E-state index in [1.54, 1.807) is 0 Å². The van der Waals surface area contributed by atoms with Gasteiger partial charge in [-0.1, -0.05) is 25.7 Å². The van der Waals surface area contributed by atoms with Crippen molar-refractivity contribution in [3.05, 3.63) is 0 Å². The maximum atomic E-state index is 11.8. The van der Waals surface area contributed by atoms with Crippen molar-refractivity contribution in [1.29, 1.82) is 0 Å². The summed E-state index contributed by atoms with van der Waals surface area (Å²) < 4.78 is 0. The fraction of sp³-hybridized carbons (Fsp3) is 0.867. The second-order valence-electron chi connectivity index (χ2n) is 6.23. The van der Waals surface area contributed by atoms with Gasteiger partial charge in [-0.2, -0.15) is 0 Å². The molecule has 0 saturated heterocycles. The van der Waals surface area contributed by atoms with Gasteiger partial charge >= 0.3 is 0 Å². The molecule has 20 heavy (non-hydrogen) atoms. The van der Waals surface area contributed by atoms with E-state index in [2.05, 4.69) is 10.6 Å². The predicted molar refractivity (Wildman–Crippen MR) is 76.0 cm³/mol. The van der Waals surface area contributed by atoms with Crippen LogP contribution >= 0.6 is 0 Å². The highest BCUT2D eigenvalue weighted by Crippen LogP contribution is 2.28. The Balaban J connectivity index is 1.56. The number of nitrogens with one attached hydrogen (secondary N) is 2. The van der Waals surface area contributed by atoms with Gasteiger partial charge in [0.2, 0.25) is 11.8 Å². The number of carbonyl (C=O) groups excluding carboxylic acids is 2. The van der Waals surface area contributed by atoms with E-state index in [0.717, 1.165) is 51.4 Å². The molecule has 0 spiro atoms. The quantitative estimate of drug-likeness (QED) is 0.683. The SMILES string of the molecule is O=C(CCNC(=O)C1CCCC1)NCC1(O)CCCC1. The van der Waals surface area contributed by atoms with Crippen LogP contribution in [0.15, 0.2) is 0 Å². The van der Waals surface area contributed by atoms with Crippen LogP contribution in [0.4, 0.5) is 0 Å². The highest BCUT2D eigenvalue weighted by atomic mass is 16.3. The molecule has 2 fully saturated rings. The Morgan fingerprint density at radius 3 is 2.35 bits per heavy atom. The average molecular weight is 282 g/mol. The van der Waals surface area contributed by atoms with Gasteiger partial charge in [0.15, 0.2) is 0 Å². The molecule has 0 aliphatic heterocycles. The summed E-state index contributed by atoms with van der Waals surface area (Å²) in [6.45, 7) is 0.724. The first-order chi connectivity index (χ1) is 9.59. The third-order valence-electron chi connectivity index (χ3n) is 4.53. The lowest BCUT2D eigenvalue weighted by Crippen LogP contribution is -2.42. The number of hydrogen-bond donors (Lipinski definition) is 3. The Morgan fingerprint density at radius 1 is 1.05 bits per heavy atom. The first-order valence-electron chi connectivity index (χ1n) is 7.86. The van der Waals surface area contributed by atoms with Crippen molar-refractivity contribution in [3.63, 3.8) is 0 Å². The third-order valence-corrected chi connectivity index (χ3v) is 4.53. The highest BCUT2D eigenvalue weighted by Gasteiger charge is 2.31. The Morgan fingerprint density at radius 2 is 1.70 bits per heavy atom. The van der Waals surface area contributed by atoms with Crippen LogP contribution in [0.3, 0.4) is 0 Å². The van der Waals surface area contributed by atoms with Crippen molar-refractivity contribution in [1.82, 2.24) is 10.6 Å². The van der Waals surface area contributed by atoms with Gasteiger partial charge in [0.05, 0.1) is 5.60 Å². The summed E-state index contributed by atoms with van der Waals surface area (Å²) in [5.41, 5.74) is -0.706. The minimum Gasteiger partial charge on any atom is -0.388 e.